The molecule has 6 rings (SSSR count). The highest BCUT2D eigenvalue weighted by Gasteiger charge is 2.46. The minimum absolute atomic E-state index is 0.0301. The van der Waals surface area contributed by atoms with Gasteiger partial charge in [0.05, 0.1) is 31.2 Å². The molecule has 0 amide bonds. The first-order valence-corrected chi connectivity index (χ1v) is 14.5. The second kappa shape index (κ2) is 12.8. The van der Waals surface area contributed by atoms with Crippen molar-refractivity contribution in [2.75, 3.05) is 30.8 Å². The van der Waals surface area contributed by atoms with Crippen LogP contribution in [0.5, 0.6) is 5.75 Å². The number of imidazole rings is 1. The Labute approximate surface area is 261 Å². The topological polar surface area (TPSA) is 140 Å². The standard InChI is InChI=1S/C31H31F4N9O2/c1-46-24-12-21(32)20(11-22(24)33)23-10-19(14-44-17-39-25-28(36)37-16-38-30(25)44)29(42-41-23)43-9-5-8-31(15-43,26(45)27(34)35)40-13-18-6-3-2-4-7-18/h2-4,6-7,10-12,16-17,26-27,40,45H,5,8-9,13-15H2,1H3,(H2,36,37,38)/t26-,31-/m1/s1. The number of alkyl halides is 2. The largest absolute Gasteiger partial charge is 0.494 e. The minimum atomic E-state index is -3.01. The van der Waals surface area contributed by atoms with Gasteiger partial charge in [0.25, 0.3) is 6.43 Å². The first kappa shape index (κ1) is 31.1. The zero-order chi connectivity index (χ0) is 32.4. The smallest absolute Gasteiger partial charge is 0.265 e. The number of hydrogen-bond donors (Lipinski definition) is 3. The molecule has 4 N–H and O–H groups in total. The fourth-order valence-electron chi connectivity index (χ4n) is 5.89. The van der Waals surface area contributed by atoms with E-state index in [2.05, 4.69) is 30.5 Å². The molecule has 0 spiro atoms. The van der Waals surface area contributed by atoms with Gasteiger partial charge < -0.3 is 30.4 Å². The van der Waals surface area contributed by atoms with Crippen LogP contribution in [0.1, 0.15) is 24.0 Å². The number of aliphatic hydroxyl groups excluding tert-OH is 1. The number of rotatable bonds is 10. The fourth-order valence-corrected chi connectivity index (χ4v) is 5.89. The van der Waals surface area contributed by atoms with E-state index in [9.17, 15) is 18.3 Å². The van der Waals surface area contributed by atoms with Crippen LogP contribution in [0, 0.1) is 11.6 Å². The summed E-state index contributed by atoms with van der Waals surface area (Å²) >= 11 is 0. The molecule has 1 saturated heterocycles. The van der Waals surface area contributed by atoms with Gasteiger partial charge in [-0.25, -0.2) is 32.5 Å². The molecule has 0 radical (unpaired) electrons. The van der Waals surface area contributed by atoms with Crippen molar-refractivity contribution < 1.29 is 27.4 Å². The lowest BCUT2D eigenvalue weighted by molar-refractivity contribution is -0.0658. The van der Waals surface area contributed by atoms with E-state index in [-0.39, 0.29) is 48.9 Å². The van der Waals surface area contributed by atoms with E-state index in [4.69, 9.17) is 10.5 Å². The number of fused-ring (bicyclic) bond motifs is 1. The third-order valence-electron chi connectivity index (χ3n) is 8.25. The van der Waals surface area contributed by atoms with Gasteiger partial charge in [-0.3, -0.25) is 0 Å². The summed E-state index contributed by atoms with van der Waals surface area (Å²) in [5, 5.41) is 22.7. The van der Waals surface area contributed by atoms with Gasteiger partial charge >= 0.3 is 0 Å². The molecule has 2 aromatic carbocycles. The van der Waals surface area contributed by atoms with Gasteiger partial charge in [0.1, 0.15) is 23.8 Å². The van der Waals surface area contributed by atoms with Crippen LogP contribution in [0.15, 0.2) is 61.2 Å². The van der Waals surface area contributed by atoms with Gasteiger partial charge in [-0.1, -0.05) is 30.3 Å². The maximum absolute atomic E-state index is 15.1. The van der Waals surface area contributed by atoms with Crippen LogP contribution in [-0.2, 0) is 13.1 Å². The fraction of sp³-hybridized carbons (Fsp3) is 0.323. The minimum Gasteiger partial charge on any atom is -0.494 e. The molecule has 240 valence electrons. The average molecular weight is 638 g/mol. The summed E-state index contributed by atoms with van der Waals surface area (Å²) < 4.78 is 64.6. The van der Waals surface area contributed by atoms with Crippen molar-refractivity contribution in [1.29, 1.82) is 0 Å². The number of nitrogen functional groups attached to an aromatic ring is 1. The Kier molecular flexibility index (Phi) is 8.69. The van der Waals surface area contributed by atoms with Crippen LogP contribution in [-0.4, -0.2) is 73.1 Å². The Bertz CT molecular complexity index is 1840. The molecular weight excluding hydrogens is 606 g/mol. The maximum atomic E-state index is 15.1. The Morgan fingerprint density at radius 1 is 1.07 bits per heavy atom. The summed E-state index contributed by atoms with van der Waals surface area (Å²) in [7, 11) is 1.23. The number of benzene rings is 2. The van der Waals surface area contributed by atoms with Crippen LogP contribution in [0.3, 0.4) is 0 Å². The summed E-state index contributed by atoms with van der Waals surface area (Å²) in [6.07, 6.45) is -1.46. The molecule has 0 bridgehead atoms. The van der Waals surface area contributed by atoms with E-state index in [1.54, 1.807) is 15.5 Å². The van der Waals surface area contributed by atoms with Crippen molar-refractivity contribution in [2.24, 2.45) is 0 Å². The van der Waals surface area contributed by atoms with Gasteiger partial charge in [0.15, 0.2) is 28.8 Å². The molecule has 3 aromatic heterocycles. The second-order valence-corrected chi connectivity index (χ2v) is 11.1. The normalized spacial score (nSPS) is 17.5. The summed E-state index contributed by atoms with van der Waals surface area (Å²) in [5.41, 5.74) is 6.62. The molecule has 2 atom stereocenters. The van der Waals surface area contributed by atoms with E-state index in [0.717, 1.165) is 17.7 Å². The van der Waals surface area contributed by atoms with E-state index < -0.39 is 29.7 Å². The summed E-state index contributed by atoms with van der Waals surface area (Å²) in [6, 6.07) is 12.7. The Morgan fingerprint density at radius 2 is 1.87 bits per heavy atom. The first-order valence-electron chi connectivity index (χ1n) is 14.5. The van der Waals surface area contributed by atoms with Crippen LogP contribution < -0.4 is 20.7 Å². The number of aromatic nitrogens is 6. The Morgan fingerprint density at radius 3 is 2.63 bits per heavy atom. The highest BCUT2D eigenvalue weighted by Crippen LogP contribution is 2.35. The molecule has 0 saturated carbocycles. The SMILES string of the molecule is COc1cc(F)c(-c2cc(Cn3cnc4c(N)ncnc43)c(N3CCC[C@](NCc4ccccc4)([C@H](O)C(F)F)C3)nn2)cc1F. The number of nitrogens with zero attached hydrogens (tertiary/aromatic N) is 7. The number of ether oxygens (including phenoxy) is 1. The molecule has 1 aliphatic heterocycles. The van der Waals surface area contributed by atoms with Gasteiger partial charge in [-0.15, -0.1) is 10.2 Å². The van der Waals surface area contributed by atoms with E-state index >= 15 is 4.39 Å². The van der Waals surface area contributed by atoms with Crippen LogP contribution >= 0.6 is 0 Å². The van der Waals surface area contributed by atoms with Gasteiger partial charge in [-0.05, 0) is 30.5 Å². The van der Waals surface area contributed by atoms with E-state index in [1.807, 2.05) is 30.3 Å². The van der Waals surface area contributed by atoms with Gasteiger partial charge in [0.2, 0.25) is 0 Å². The lowest BCUT2D eigenvalue weighted by Crippen LogP contribution is -2.65. The first-order chi connectivity index (χ1) is 22.2. The third-order valence-corrected chi connectivity index (χ3v) is 8.25. The van der Waals surface area contributed by atoms with Crippen molar-refractivity contribution >= 4 is 22.8 Å². The van der Waals surface area contributed by atoms with Crippen molar-refractivity contribution in [3.63, 3.8) is 0 Å². The quantitative estimate of drug-likeness (QED) is 0.193. The predicted octanol–water partition coefficient (Wildman–Crippen LogP) is 3.96. The summed E-state index contributed by atoms with van der Waals surface area (Å²) in [4.78, 5) is 14.4. The number of nitrogens with two attached hydrogens (primary N) is 1. The summed E-state index contributed by atoms with van der Waals surface area (Å²) in [6.45, 7) is 0.721. The number of methoxy groups -OCH3 is 1. The van der Waals surface area contributed by atoms with Gasteiger partial charge in [0, 0.05) is 36.8 Å². The van der Waals surface area contributed by atoms with Crippen LogP contribution in [0.25, 0.3) is 22.4 Å². The Hall–Kier alpha value is -4.89. The number of aliphatic hydroxyl groups is 1. The lowest BCUT2D eigenvalue weighted by Gasteiger charge is -2.46. The number of anilines is 2. The Balaban J connectivity index is 1.41. The lowest BCUT2D eigenvalue weighted by atomic mass is 9.83. The van der Waals surface area contributed by atoms with E-state index in [1.165, 1.54) is 19.8 Å². The zero-order valence-electron chi connectivity index (χ0n) is 24.7. The number of piperidine rings is 1. The molecule has 1 fully saturated rings. The molecule has 1 aliphatic rings. The maximum Gasteiger partial charge on any atom is 0.265 e. The van der Waals surface area contributed by atoms with Crippen molar-refractivity contribution in [2.45, 2.75) is 44.0 Å². The third kappa shape index (κ3) is 6.02. The van der Waals surface area contributed by atoms with E-state index in [0.29, 0.717) is 35.5 Å². The predicted molar refractivity (Wildman–Crippen MR) is 162 cm³/mol. The monoisotopic (exact) mass is 637 g/mol. The van der Waals surface area contributed by atoms with Crippen molar-refractivity contribution in [3.05, 3.63) is 83.9 Å². The van der Waals surface area contributed by atoms with Crippen molar-refractivity contribution in [1.82, 2.24) is 35.0 Å². The molecular formula is C31H31F4N9O2. The average Bonchev–Trinajstić information content (AvgIpc) is 3.48. The molecule has 11 nitrogen and oxygen atoms in total. The zero-order valence-corrected chi connectivity index (χ0v) is 24.7. The molecule has 0 aliphatic carbocycles. The number of hydrogen-bond acceptors (Lipinski definition) is 10. The molecule has 0 unspecified atom stereocenters. The highest BCUT2D eigenvalue weighted by atomic mass is 19.3. The molecule has 46 heavy (non-hydrogen) atoms. The van der Waals surface area contributed by atoms with Crippen molar-refractivity contribution in [3.8, 4) is 17.0 Å². The summed E-state index contributed by atoms with van der Waals surface area (Å²) in [5.74, 6) is -1.33. The number of halogens is 4. The molecule has 15 heteroatoms. The molecule has 4 heterocycles. The highest BCUT2D eigenvalue weighted by molar-refractivity contribution is 5.81. The van der Waals surface area contributed by atoms with Crippen LogP contribution in [0.4, 0.5) is 29.2 Å². The van der Waals surface area contributed by atoms with Crippen LogP contribution in [0.2, 0.25) is 0 Å². The number of nitrogens with one attached hydrogen (secondary N) is 1. The molecule has 5 aromatic rings. The van der Waals surface area contributed by atoms with Gasteiger partial charge in [-0.2, -0.15) is 0 Å². The second-order valence-electron chi connectivity index (χ2n) is 11.1.